The molecular formula is C17H23N3O. The Balaban J connectivity index is 1.90. The molecule has 2 heterocycles. The van der Waals surface area contributed by atoms with Crippen molar-refractivity contribution >= 4 is 0 Å². The average molecular weight is 285 g/mol. The van der Waals surface area contributed by atoms with Gasteiger partial charge in [0.05, 0.1) is 5.69 Å². The van der Waals surface area contributed by atoms with Gasteiger partial charge in [-0.2, -0.15) is 5.10 Å². The molecule has 1 N–H and O–H groups in total. The van der Waals surface area contributed by atoms with Gasteiger partial charge < -0.3 is 5.11 Å². The van der Waals surface area contributed by atoms with Crippen LogP contribution in [0.1, 0.15) is 23.1 Å². The molecule has 3 rings (SSSR count). The first-order chi connectivity index (χ1) is 10.2. The van der Waals surface area contributed by atoms with Gasteiger partial charge in [0.2, 0.25) is 0 Å². The summed E-state index contributed by atoms with van der Waals surface area (Å²) in [4.78, 5) is 2.43. The zero-order chi connectivity index (χ0) is 14.8. The molecule has 1 atom stereocenters. The first-order valence-electron chi connectivity index (χ1n) is 7.60. The number of aliphatic hydroxyl groups is 1. The molecule has 0 bridgehead atoms. The van der Waals surface area contributed by atoms with E-state index < -0.39 is 0 Å². The summed E-state index contributed by atoms with van der Waals surface area (Å²) >= 11 is 0. The van der Waals surface area contributed by atoms with E-state index in [1.165, 1.54) is 22.4 Å². The van der Waals surface area contributed by atoms with E-state index in [1.54, 1.807) is 0 Å². The van der Waals surface area contributed by atoms with Crippen LogP contribution in [0.15, 0.2) is 30.6 Å². The Hall–Kier alpha value is -1.65. The van der Waals surface area contributed by atoms with Crippen LogP contribution in [0.25, 0.3) is 5.69 Å². The third kappa shape index (κ3) is 3.01. The summed E-state index contributed by atoms with van der Waals surface area (Å²) in [5.41, 5.74) is 5.05. The molecule has 2 aromatic rings. The molecule has 0 radical (unpaired) electrons. The summed E-state index contributed by atoms with van der Waals surface area (Å²) in [7, 11) is 0. The summed E-state index contributed by atoms with van der Waals surface area (Å²) in [6, 6.07) is 6.43. The predicted molar refractivity (Wildman–Crippen MR) is 83.5 cm³/mol. The lowest BCUT2D eigenvalue weighted by Crippen LogP contribution is -2.22. The molecule has 1 unspecified atom stereocenters. The maximum atomic E-state index is 9.30. The van der Waals surface area contributed by atoms with Crippen LogP contribution in [0, 0.1) is 19.8 Å². The van der Waals surface area contributed by atoms with E-state index in [9.17, 15) is 5.11 Å². The van der Waals surface area contributed by atoms with Crippen molar-refractivity contribution in [3.05, 3.63) is 47.3 Å². The molecule has 1 aliphatic rings. The minimum atomic E-state index is 0.301. The van der Waals surface area contributed by atoms with Gasteiger partial charge in [-0.15, -0.1) is 0 Å². The Morgan fingerprint density at radius 1 is 1.33 bits per heavy atom. The molecule has 112 valence electrons. The van der Waals surface area contributed by atoms with Crippen LogP contribution >= 0.6 is 0 Å². The lowest BCUT2D eigenvalue weighted by atomic mass is 10.0. The standard InChI is InChI=1S/C17H23N3O/c1-13-8-14(2)17(20-6-3-5-18-20)16(9-13)11-19-7-4-15(10-19)12-21/h3,5-6,8-9,15,21H,4,7,10-12H2,1-2H3. The second-order valence-corrected chi connectivity index (χ2v) is 6.11. The van der Waals surface area contributed by atoms with Crippen LogP contribution in [0.5, 0.6) is 0 Å². The van der Waals surface area contributed by atoms with E-state index in [2.05, 4.69) is 36.0 Å². The summed E-state index contributed by atoms with van der Waals surface area (Å²) in [6.45, 7) is 7.57. The Bertz CT molecular complexity index is 607. The molecule has 0 amide bonds. The predicted octanol–water partition coefficient (Wildman–Crippen LogP) is 2.30. The van der Waals surface area contributed by atoms with Crippen molar-refractivity contribution in [3.8, 4) is 5.69 Å². The van der Waals surface area contributed by atoms with Crippen molar-refractivity contribution in [1.29, 1.82) is 0 Å². The molecule has 0 saturated carbocycles. The highest BCUT2D eigenvalue weighted by Gasteiger charge is 2.23. The molecule has 1 fully saturated rings. The number of hydrogen-bond acceptors (Lipinski definition) is 3. The molecule has 4 nitrogen and oxygen atoms in total. The SMILES string of the molecule is Cc1cc(C)c(-n2cccn2)c(CN2CCC(CO)C2)c1. The average Bonchev–Trinajstić information content (AvgIpc) is 3.09. The summed E-state index contributed by atoms with van der Waals surface area (Å²) in [6.07, 6.45) is 4.92. The van der Waals surface area contributed by atoms with E-state index in [0.29, 0.717) is 12.5 Å². The number of aromatic nitrogens is 2. The van der Waals surface area contributed by atoms with Crippen molar-refractivity contribution in [1.82, 2.24) is 14.7 Å². The van der Waals surface area contributed by atoms with Crippen LogP contribution in [0.2, 0.25) is 0 Å². The first kappa shape index (κ1) is 14.3. The number of rotatable bonds is 4. The highest BCUT2D eigenvalue weighted by molar-refractivity contribution is 5.49. The quantitative estimate of drug-likeness (QED) is 0.937. The monoisotopic (exact) mass is 285 g/mol. The van der Waals surface area contributed by atoms with Crippen molar-refractivity contribution in [2.24, 2.45) is 5.92 Å². The minimum absolute atomic E-state index is 0.301. The first-order valence-corrected chi connectivity index (χ1v) is 7.60. The second-order valence-electron chi connectivity index (χ2n) is 6.11. The van der Waals surface area contributed by atoms with E-state index in [1.807, 2.05) is 23.1 Å². The molecule has 4 heteroatoms. The molecule has 1 aromatic heterocycles. The Morgan fingerprint density at radius 3 is 2.86 bits per heavy atom. The number of nitrogens with zero attached hydrogens (tertiary/aromatic N) is 3. The highest BCUT2D eigenvalue weighted by atomic mass is 16.3. The van der Waals surface area contributed by atoms with E-state index in [0.717, 1.165) is 26.1 Å². The third-order valence-corrected chi connectivity index (χ3v) is 4.28. The topological polar surface area (TPSA) is 41.3 Å². The number of likely N-dealkylation sites (tertiary alicyclic amines) is 1. The van der Waals surface area contributed by atoms with Gasteiger partial charge in [-0.3, -0.25) is 4.90 Å². The van der Waals surface area contributed by atoms with Crippen molar-refractivity contribution < 1.29 is 5.11 Å². The van der Waals surface area contributed by atoms with Crippen LogP contribution in [-0.4, -0.2) is 39.5 Å². The summed E-state index contributed by atoms with van der Waals surface area (Å²) < 4.78 is 1.96. The lowest BCUT2D eigenvalue weighted by molar-refractivity contribution is 0.220. The van der Waals surface area contributed by atoms with E-state index in [4.69, 9.17) is 0 Å². The van der Waals surface area contributed by atoms with Gasteiger partial charge in [0, 0.05) is 32.1 Å². The fraction of sp³-hybridized carbons (Fsp3) is 0.471. The zero-order valence-electron chi connectivity index (χ0n) is 12.8. The molecule has 0 aliphatic carbocycles. The maximum Gasteiger partial charge on any atom is 0.0719 e. The van der Waals surface area contributed by atoms with Crippen molar-refractivity contribution in [2.75, 3.05) is 19.7 Å². The van der Waals surface area contributed by atoms with E-state index >= 15 is 0 Å². The number of benzene rings is 1. The van der Waals surface area contributed by atoms with Crippen LogP contribution in [0.4, 0.5) is 0 Å². The largest absolute Gasteiger partial charge is 0.396 e. The molecule has 1 aliphatic heterocycles. The summed E-state index contributed by atoms with van der Waals surface area (Å²) in [5, 5.41) is 13.7. The van der Waals surface area contributed by atoms with Gasteiger partial charge in [0.25, 0.3) is 0 Å². The highest BCUT2D eigenvalue weighted by Crippen LogP contribution is 2.25. The lowest BCUT2D eigenvalue weighted by Gasteiger charge is -2.20. The van der Waals surface area contributed by atoms with Crippen molar-refractivity contribution in [2.45, 2.75) is 26.8 Å². The van der Waals surface area contributed by atoms with Gasteiger partial charge in [-0.05, 0) is 49.9 Å². The minimum Gasteiger partial charge on any atom is -0.396 e. The Labute approximate surface area is 126 Å². The smallest absolute Gasteiger partial charge is 0.0719 e. The van der Waals surface area contributed by atoms with Crippen LogP contribution in [-0.2, 0) is 6.54 Å². The van der Waals surface area contributed by atoms with Gasteiger partial charge in [-0.1, -0.05) is 17.7 Å². The van der Waals surface area contributed by atoms with Gasteiger partial charge >= 0.3 is 0 Å². The Morgan fingerprint density at radius 2 is 2.19 bits per heavy atom. The molecular weight excluding hydrogens is 262 g/mol. The third-order valence-electron chi connectivity index (χ3n) is 4.28. The normalized spacial score (nSPS) is 19.3. The summed E-state index contributed by atoms with van der Waals surface area (Å²) in [5.74, 6) is 0.434. The van der Waals surface area contributed by atoms with E-state index in [-0.39, 0.29) is 0 Å². The fourth-order valence-electron chi connectivity index (χ4n) is 3.34. The second kappa shape index (κ2) is 6.00. The Kier molecular flexibility index (Phi) is 4.08. The number of hydrogen-bond donors (Lipinski definition) is 1. The van der Waals surface area contributed by atoms with Crippen LogP contribution in [0.3, 0.4) is 0 Å². The molecule has 0 spiro atoms. The fourth-order valence-corrected chi connectivity index (χ4v) is 3.34. The zero-order valence-corrected chi connectivity index (χ0v) is 12.8. The molecule has 21 heavy (non-hydrogen) atoms. The molecule has 1 saturated heterocycles. The van der Waals surface area contributed by atoms with Gasteiger partial charge in [0.15, 0.2) is 0 Å². The molecule has 1 aromatic carbocycles. The van der Waals surface area contributed by atoms with Gasteiger partial charge in [-0.25, -0.2) is 4.68 Å². The maximum absolute atomic E-state index is 9.30. The number of aliphatic hydroxyl groups excluding tert-OH is 1. The van der Waals surface area contributed by atoms with Crippen LogP contribution < -0.4 is 0 Å². The number of aryl methyl sites for hydroxylation is 2. The van der Waals surface area contributed by atoms with Crippen molar-refractivity contribution in [3.63, 3.8) is 0 Å². The van der Waals surface area contributed by atoms with Gasteiger partial charge in [0.1, 0.15) is 0 Å².